The SMILES string of the molecule is CN1N=C(C(=O)N2CCCCC2C(CNC(=O)CCl)Cc2ccccc2)CCC1=O. The van der Waals surface area contributed by atoms with E-state index in [1.54, 1.807) is 7.05 Å². The predicted molar refractivity (Wildman–Crippen MR) is 116 cm³/mol. The minimum atomic E-state index is -0.208. The van der Waals surface area contributed by atoms with E-state index < -0.39 is 0 Å². The largest absolute Gasteiger partial charge is 0.355 e. The van der Waals surface area contributed by atoms with Crippen LogP contribution in [-0.4, -0.2) is 65.4 Å². The van der Waals surface area contributed by atoms with E-state index in [1.165, 1.54) is 10.6 Å². The molecule has 0 bridgehead atoms. The number of carbonyl (C=O) groups is 3. The molecule has 1 aromatic rings. The van der Waals surface area contributed by atoms with Gasteiger partial charge in [-0.15, -0.1) is 11.6 Å². The summed E-state index contributed by atoms with van der Waals surface area (Å²) in [6.45, 7) is 1.12. The van der Waals surface area contributed by atoms with Crippen molar-refractivity contribution in [3.63, 3.8) is 0 Å². The molecule has 1 fully saturated rings. The predicted octanol–water partition coefficient (Wildman–Crippen LogP) is 2.19. The Labute approximate surface area is 182 Å². The quantitative estimate of drug-likeness (QED) is 0.670. The van der Waals surface area contributed by atoms with Gasteiger partial charge in [0.15, 0.2) is 0 Å². The summed E-state index contributed by atoms with van der Waals surface area (Å²) in [5.74, 6) is -0.399. The van der Waals surface area contributed by atoms with Crippen molar-refractivity contribution in [2.45, 2.75) is 44.6 Å². The van der Waals surface area contributed by atoms with Crippen LogP contribution in [0.15, 0.2) is 35.4 Å². The second kappa shape index (κ2) is 10.6. The molecule has 2 unspecified atom stereocenters. The lowest BCUT2D eigenvalue weighted by molar-refractivity contribution is -0.131. The van der Waals surface area contributed by atoms with Crippen LogP contribution < -0.4 is 5.32 Å². The highest BCUT2D eigenvalue weighted by Crippen LogP contribution is 2.27. The van der Waals surface area contributed by atoms with Gasteiger partial charge in [-0.3, -0.25) is 14.4 Å². The minimum absolute atomic E-state index is 0.00674. The molecule has 3 amide bonds. The van der Waals surface area contributed by atoms with Gasteiger partial charge in [0, 0.05) is 44.9 Å². The van der Waals surface area contributed by atoms with Gasteiger partial charge in [0.05, 0.1) is 0 Å². The van der Waals surface area contributed by atoms with Crippen molar-refractivity contribution in [1.82, 2.24) is 15.2 Å². The number of piperidine rings is 1. The van der Waals surface area contributed by atoms with E-state index >= 15 is 0 Å². The van der Waals surface area contributed by atoms with Gasteiger partial charge in [0.2, 0.25) is 11.8 Å². The first-order valence-corrected chi connectivity index (χ1v) is 11.0. The third-order valence-electron chi connectivity index (χ3n) is 5.83. The smallest absolute Gasteiger partial charge is 0.270 e. The number of nitrogens with zero attached hydrogens (tertiary/aromatic N) is 3. The van der Waals surface area contributed by atoms with E-state index in [2.05, 4.69) is 22.6 Å². The van der Waals surface area contributed by atoms with E-state index in [0.29, 0.717) is 31.6 Å². The van der Waals surface area contributed by atoms with E-state index in [0.717, 1.165) is 25.7 Å². The Kier molecular flexibility index (Phi) is 7.85. The van der Waals surface area contributed by atoms with Gasteiger partial charge >= 0.3 is 0 Å². The molecular formula is C22H29ClN4O3. The summed E-state index contributed by atoms with van der Waals surface area (Å²) >= 11 is 5.66. The van der Waals surface area contributed by atoms with E-state index in [-0.39, 0.29) is 35.6 Å². The minimum Gasteiger partial charge on any atom is -0.355 e. The number of hydrazone groups is 1. The Morgan fingerprint density at radius 3 is 2.70 bits per heavy atom. The highest BCUT2D eigenvalue weighted by molar-refractivity contribution is 6.39. The molecule has 162 valence electrons. The molecule has 1 N–H and O–H groups in total. The zero-order chi connectivity index (χ0) is 21.5. The average molecular weight is 433 g/mol. The third kappa shape index (κ3) is 5.59. The molecule has 2 heterocycles. The fourth-order valence-corrected chi connectivity index (χ4v) is 4.34. The number of hydrogen-bond acceptors (Lipinski definition) is 4. The van der Waals surface area contributed by atoms with Crippen LogP contribution in [0.25, 0.3) is 0 Å². The summed E-state index contributed by atoms with van der Waals surface area (Å²) in [6, 6.07) is 10.1. The molecule has 0 spiro atoms. The molecule has 2 atom stereocenters. The Balaban J connectivity index is 1.81. The zero-order valence-electron chi connectivity index (χ0n) is 17.3. The Bertz CT molecular complexity index is 799. The molecule has 1 saturated heterocycles. The topological polar surface area (TPSA) is 82.1 Å². The Morgan fingerprint density at radius 2 is 2.00 bits per heavy atom. The molecule has 0 saturated carbocycles. The molecular weight excluding hydrogens is 404 g/mol. The number of hydrogen-bond donors (Lipinski definition) is 1. The molecule has 0 aromatic heterocycles. The van der Waals surface area contributed by atoms with Crippen molar-refractivity contribution in [2.24, 2.45) is 11.0 Å². The maximum absolute atomic E-state index is 13.3. The van der Waals surface area contributed by atoms with E-state index in [9.17, 15) is 14.4 Å². The van der Waals surface area contributed by atoms with Crippen LogP contribution in [0.3, 0.4) is 0 Å². The summed E-state index contributed by atoms with van der Waals surface area (Å²) in [5, 5.41) is 8.40. The first-order valence-electron chi connectivity index (χ1n) is 10.5. The van der Waals surface area contributed by atoms with Gasteiger partial charge in [-0.05, 0) is 31.2 Å². The number of nitrogens with one attached hydrogen (secondary N) is 1. The first kappa shape index (κ1) is 22.3. The molecule has 3 rings (SSSR count). The average Bonchev–Trinajstić information content (AvgIpc) is 2.78. The van der Waals surface area contributed by atoms with Gasteiger partial charge in [0.1, 0.15) is 11.6 Å². The second-order valence-electron chi connectivity index (χ2n) is 7.91. The number of carbonyl (C=O) groups excluding carboxylic acids is 3. The molecule has 2 aliphatic rings. The summed E-state index contributed by atoms with van der Waals surface area (Å²) in [7, 11) is 1.59. The van der Waals surface area contributed by atoms with Gasteiger partial charge in [-0.25, -0.2) is 5.01 Å². The lowest BCUT2D eigenvalue weighted by Crippen LogP contribution is -2.53. The van der Waals surface area contributed by atoms with Crippen LogP contribution in [0.4, 0.5) is 0 Å². The highest BCUT2D eigenvalue weighted by atomic mass is 35.5. The summed E-state index contributed by atoms with van der Waals surface area (Å²) < 4.78 is 0. The standard InChI is InChI=1S/C22H29ClN4O3/c1-26-21(29)11-10-18(25-26)22(30)27-12-6-5-9-19(27)17(15-24-20(28)14-23)13-16-7-3-2-4-8-16/h2-4,7-8,17,19H,5-6,9-15H2,1H3,(H,24,28). The van der Waals surface area contributed by atoms with Crippen LogP contribution in [0.1, 0.15) is 37.7 Å². The number of benzene rings is 1. The Morgan fingerprint density at radius 1 is 1.23 bits per heavy atom. The van der Waals surface area contributed by atoms with E-state index in [4.69, 9.17) is 11.6 Å². The number of alkyl halides is 1. The number of amides is 3. The molecule has 7 nitrogen and oxygen atoms in total. The fraction of sp³-hybridized carbons (Fsp3) is 0.545. The van der Waals surface area contributed by atoms with Gasteiger partial charge in [-0.2, -0.15) is 5.10 Å². The molecule has 2 aliphatic heterocycles. The van der Waals surface area contributed by atoms with Crippen molar-refractivity contribution in [3.8, 4) is 0 Å². The molecule has 0 aliphatic carbocycles. The number of rotatable bonds is 7. The van der Waals surface area contributed by atoms with E-state index in [1.807, 2.05) is 23.1 Å². The maximum atomic E-state index is 13.3. The normalized spacial score (nSPS) is 20.5. The number of likely N-dealkylation sites (tertiary alicyclic amines) is 1. The highest BCUT2D eigenvalue weighted by Gasteiger charge is 2.36. The Hall–Kier alpha value is -2.41. The lowest BCUT2D eigenvalue weighted by Gasteiger charge is -2.41. The summed E-state index contributed by atoms with van der Waals surface area (Å²) in [4.78, 5) is 38.8. The molecule has 1 aromatic carbocycles. The van der Waals surface area contributed by atoms with Crippen LogP contribution in [0.5, 0.6) is 0 Å². The first-order chi connectivity index (χ1) is 14.5. The van der Waals surface area contributed by atoms with Gasteiger partial charge in [0.25, 0.3) is 5.91 Å². The molecule has 30 heavy (non-hydrogen) atoms. The van der Waals surface area contributed by atoms with Crippen molar-refractivity contribution in [3.05, 3.63) is 35.9 Å². The second-order valence-corrected chi connectivity index (χ2v) is 8.18. The molecule has 8 heteroatoms. The zero-order valence-corrected chi connectivity index (χ0v) is 18.1. The van der Waals surface area contributed by atoms with Crippen LogP contribution in [0, 0.1) is 5.92 Å². The van der Waals surface area contributed by atoms with Crippen molar-refractivity contribution < 1.29 is 14.4 Å². The van der Waals surface area contributed by atoms with Crippen molar-refractivity contribution in [2.75, 3.05) is 26.0 Å². The lowest BCUT2D eigenvalue weighted by atomic mass is 9.85. The monoisotopic (exact) mass is 432 g/mol. The van der Waals surface area contributed by atoms with Gasteiger partial charge < -0.3 is 10.2 Å². The molecule has 0 radical (unpaired) electrons. The summed E-state index contributed by atoms with van der Waals surface area (Å²) in [6.07, 6.45) is 4.28. The van der Waals surface area contributed by atoms with Crippen molar-refractivity contribution >= 4 is 35.0 Å². The van der Waals surface area contributed by atoms with Gasteiger partial charge in [-0.1, -0.05) is 30.3 Å². The third-order valence-corrected chi connectivity index (χ3v) is 6.07. The van der Waals surface area contributed by atoms with Crippen LogP contribution in [-0.2, 0) is 20.8 Å². The summed E-state index contributed by atoms with van der Waals surface area (Å²) in [5.41, 5.74) is 1.60. The maximum Gasteiger partial charge on any atom is 0.270 e. The number of halogens is 1. The van der Waals surface area contributed by atoms with Crippen LogP contribution in [0.2, 0.25) is 0 Å². The van der Waals surface area contributed by atoms with Crippen LogP contribution >= 0.6 is 11.6 Å². The fourth-order valence-electron chi connectivity index (χ4n) is 4.24. The van der Waals surface area contributed by atoms with Crippen molar-refractivity contribution in [1.29, 1.82) is 0 Å².